The lowest BCUT2D eigenvalue weighted by Crippen LogP contribution is -2.54. The van der Waals surface area contributed by atoms with Crippen LogP contribution in [0.3, 0.4) is 0 Å². The third-order valence-corrected chi connectivity index (χ3v) is 5.24. The van der Waals surface area contributed by atoms with Crippen LogP contribution in [0.1, 0.15) is 11.1 Å². The number of halogens is 2. The number of rotatable bonds is 6. The zero-order valence-electron chi connectivity index (χ0n) is 13.7. The normalized spacial score (nSPS) is 10.7. The van der Waals surface area contributed by atoms with Gasteiger partial charge < -0.3 is 0 Å². The van der Waals surface area contributed by atoms with E-state index in [0.717, 1.165) is 22.8 Å². The van der Waals surface area contributed by atoms with E-state index in [1.54, 1.807) is 0 Å². The van der Waals surface area contributed by atoms with Gasteiger partial charge in [-0.15, -0.1) is 13.2 Å². The molecule has 0 aliphatic rings. The van der Waals surface area contributed by atoms with E-state index >= 15 is 0 Å². The third kappa shape index (κ3) is 3.72. The monoisotopic (exact) mass is 473 g/mol. The quantitative estimate of drug-likeness (QED) is 0.477. The predicted molar refractivity (Wildman–Crippen MR) is 108 cm³/mol. The molecule has 0 aliphatic carbocycles. The first kappa shape index (κ1) is 19.5. The van der Waals surface area contributed by atoms with E-state index in [1.807, 2.05) is 19.1 Å². The maximum Gasteiger partial charge on any atom is 0.336 e. The van der Waals surface area contributed by atoms with Gasteiger partial charge in [-0.3, -0.25) is 0 Å². The molecule has 1 aromatic heterocycles. The van der Waals surface area contributed by atoms with Crippen molar-refractivity contribution in [3.05, 3.63) is 88.6 Å². The smallest absolute Gasteiger partial charge is 0.247 e. The molecule has 0 fully saturated rings. The first-order valence-corrected chi connectivity index (χ1v) is 8.88. The summed E-state index contributed by atoms with van der Waals surface area (Å²) in [4.78, 5) is 37.7. The SMILES string of the molecule is C=CCn1c(=O)n(CC=C)c(=O)n(Cc2c(I)ccc(C)c2Cl)c1=O. The van der Waals surface area contributed by atoms with Crippen LogP contribution in [-0.2, 0) is 19.6 Å². The molecule has 6 nitrogen and oxygen atoms in total. The van der Waals surface area contributed by atoms with Crippen LogP contribution in [0, 0.1) is 10.5 Å². The summed E-state index contributed by atoms with van der Waals surface area (Å²) >= 11 is 8.46. The predicted octanol–water partition coefficient (Wildman–Crippen LogP) is 2.16. The van der Waals surface area contributed by atoms with Gasteiger partial charge in [0.2, 0.25) is 0 Å². The molecule has 0 radical (unpaired) electrons. The molecule has 0 unspecified atom stereocenters. The Labute approximate surface area is 162 Å². The van der Waals surface area contributed by atoms with Crippen molar-refractivity contribution in [3.63, 3.8) is 0 Å². The molecule has 0 saturated heterocycles. The highest BCUT2D eigenvalue weighted by atomic mass is 127. The van der Waals surface area contributed by atoms with Gasteiger partial charge in [0.1, 0.15) is 0 Å². The molecule has 0 spiro atoms. The fourth-order valence-electron chi connectivity index (χ4n) is 2.41. The molecular weight excluding hydrogens is 457 g/mol. The summed E-state index contributed by atoms with van der Waals surface area (Å²) in [6.07, 6.45) is 2.86. The van der Waals surface area contributed by atoms with Crippen molar-refractivity contribution in [2.45, 2.75) is 26.6 Å². The maximum atomic E-state index is 12.7. The van der Waals surface area contributed by atoms with Gasteiger partial charge in [0.25, 0.3) is 0 Å². The van der Waals surface area contributed by atoms with E-state index in [4.69, 9.17) is 11.6 Å². The Balaban J connectivity index is 2.78. The van der Waals surface area contributed by atoms with Crippen LogP contribution in [0.25, 0.3) is 0 Å². The van der Waals surface area contributed by atoms with E-state index in [2.05, 4.69) is 35.7 Å². The molecular formula is C17H17ClIN3O3. The summed E-state index contributed by atoms with van der Waals surface area (Å²) in [5.41, 5.74) is -0.561. The molecule has 2 aromatic rings. The number of hydrogen-bond acceptors (Lipinski definition) is 3. The summed E-state index contributed by atoms with van der Waals surface area (Å²) in [5, 5.41) is 0.495. The molecule has 0 amide bonds. The summed E-state index contributed by atoms with van der Waals surface area (Å²) in [7, 11) is 0. The highest BCUT2D eigenvalue weighted by Crippen LogP contribution is 2.25. The highest BCUT2D eigenvalue weighted by Gasteiger charge is 2.17. The summed E-state index contributed by atoms with van der Waals surface area (Å²) < 4.78 is 3.77. The van der Waals surface area contributed by atoms with Gasteiger partial charge in [-0.2, -0.15) is 0 Å². The molecule has 2 rings (SSSR count). The summed E-state index contributed by atoms with van der Waals surface area (Å²) in [5.74, 6) is 0. The van der Waals surface area contributed by atoms with Crippen molar-refractivity contribution in [1.29, 1.82) is 0 Å². The fraction of sp³-hybridized carbons (Fsp3) is 0.235. The third-order valence-electron chi connectivity index (χ3n) is 3.70. The van der Waals surface area contributed by atoms with Crippen molar-refractivity contribution < 1.29 is 0 Å². The Morgan fingerprint density at radius 2 is 1.48 bits per heavy atom. The summed E-state index contributed by atoms with van der Waals surface area (Å²) in [6, 6.07) is 3.73. The second-order valence-corrected chi connectivity index (χ2v) is 6.93. The molecule has 0 atom stereocenters. The van der Waals surface area contributed by atoms with Crippen LogP contribution in [0.5, 0.6) is 0 Å². The molecule has 0 saturated carbocycles. The lowest BCUT2D eigenvalue weighted by molar-refractivity contribution is 0.498. The van der Waals surface area contributed by atoms with Crippen LogP contribution in [0.2, 0.25) is 5.02 Å². The number of nitrogens with zero attached hydrogens (tertiary/aromatic N) is 3. The Morgan fingerprint density at radius 1 is 1.00 bits per heavy atom. The molecule has 1 aromatic carbocycles. The lowest BCUT2D eigenvalue weighted by atomic mass is 10.1. The van der Waals surface area contributed by atoms with Gasteiger partial charge in [0.05, 0.1) is 19.6 Å². The minimum Gasteiger partial charge on any atom is -0.247 e. The van der Waals surface area contributed by atoms with Gasteiger partial charge in [0, 0.05) is 14.2 Å². The van der Waals surface area contributed by atoms with Crippen molar-refractivity contribution in [2.24, 2.45) is 0 Å². The van der Waals surface area contributed by atoms with Crippen molar-refractivity contribution in [3.8, 4) is 0 Å². The van der Waals surface area contributed by atoms with E-state index < -0.39 is 17.1 Å². The van der Waals surface area contributed by atoms with Crippen molar-refractivity contribution >= 4 is 34.2 Å². The first-order chi connectivity index (χ1) is 11.8. The van der Waals surface area contributed by atoms with Crippen LogP contribution >= 0.6 is 34.2 Å². The minimum absolute atomic E-state index is 0.00767. The van der Waals surface area contributed by atoms with Crippen LogP contribution in [0.4, 0.5) is 0 Å². The Bertz CT molecular complexity index is 969. The van der Waals surface area contributed by atoms with E-state index in [9.17, 15) is 14.4 Å². The summed E-state index contributed by atoms with van der Waals surface area (Å²) in [6.45, 7) is 8.94. The molecule has 132 valence electrons. The fourth-order valence-corrected chi connectivity index (χ4v) is 3.41. The van der Waals surface area contributed by atoms with Crippen molar-refractivity contribution in [2.75, 3.05) is 0 Å². The number of aromatic nitrogens is 3. The number of hydrogen-bond donors (Lipinski definition) is 0. The van der Waals surface area contributed by atoms with E-state index in [-0.39, 0.29) is 19.6 Å². The average molecular weight is 474 g/mol. The lowest BCUT2D eigenvalue weighted by Gasteiger charge is -2.14. The number of allylic oxidation sites excluding steroid dienone is 2. The topological polar surface area (TPSA) is 66.0 Å². The zero-order chi connectivity index (χ0) is 18.7. The van der Waals surface area contributed by atoms with Crippen LogP contribution in [-0.4, -0.2) is 13.7 Å². The first-order valence-electron chi connectivity index (χ1n) is 7.43. The molecule has 0 aliphatic heterocycles. The number of aryl methyl sites for hydroxylation is 1. The molecule has 8 heteroatoms. The second kappa shape index (κ2) is 8.01. The van der Waals surface area contributed by atoms with Gasteiger partial charge in [-0.1, -0.05) is 29.8 Å². The van der Waals surface area contributed by atoms with Gasteiger partial charge in [0.15, 0.2) is 0 Å². The molecule has 0 bridgehead atoms. The zero-order valence-corrected chi connectivity index (χ0v) is 16.6. The van der Waals surface area contributed by atoms with Gasteiger partial charge >= 0.3 is 17.1 Å². The Hall–Kier alpha value is -1.87. The van der Waals surface area contributed by atoms with E-state index in [1.165, 1.54) is 12.2 Å². The molecule has 0 N–H and O–H groups in total. The largest absolute Gasteiger partial charge is 0.336 e. The highest BCUT2D eigenvalue weighted by molar-refractivity contribution is 14.1. The van der Waals surface area contributed by atoms with Crippen LogP contribution in [0.15, 0.2) is 51.8 Å². The number of benzene rings is 1. The van der Waals surface area contributed by atoms with E-state index in [0.29, 0.717) is 10.6 Å². The van der Waals surface area contributed by atoms with Crippen molar-refractivity contribution in [1.82, 2.24) is 13.7 Å². The molecule has 1 heterocycles. The standard InChI is InChI=1S/C17H17ClIN3O3/c1-4-8-20-15(23)21(9-5-2)17(25)22(16(20)24)10-12-13(19)7-6-11(3)14(12)18/h4-7H,1-2,8-10H2,3H3. The second-order valence-electron chi connectivity index (χ2n) is 5.39. The Kier molecular flexibility index (Phi) is 6.23. The maximum absolute atomic E-state index is 12.7. The van der Waals surface area contributed by atoms with Gasteiger partial charge in [-0.25, -0.2) is 28.1 Å². The minimum atomic E-state index is -0.691. The van der Waals surface area contributed by atoms with Gasteiger partial charge in [-0.05, 0) is 41.1 Å². The Morgan fingerprint density at radius 3 is 1.96 bits per heavy atom. The average Bonchev–Trinajstić information content (AvgIpc) is 2.58. The van der Waals surface area contributed by atoms with Crippen LogP contribution < -0.4 is 17.1 Å². The molecule has 25 heavy (non-hydrogen) atoms.